The van der Waals surface area contributed by atoms with E-state index in [1.807, 2.05) is 0 Å². The van der Waals surface area contributed by atoms with Crippen molar-refractivity contribution >= 4 is 11.5 Å². The van der Waals surface area contributed by atoms with Crippen molar-refractivity contribution in [2.24, 2.45) is 0 Å². The second-order valence-electron chi connectivity index (χ2n) is 3.93. The van der Waals surface area contributed by atoms with Crippen LogP contribution in [0, 0.1) is 11.6 Å². The minimum atomic E-state index is -0.971. The van der Waals surface area contributed by atoms with E-state index in [9.17, 15) is 13.6 Å². The molecule has 0 saturated heterocycles. The van der Waals surface area contributed by atoms with Gasteiger partial charge < -0.3 is 5.73 Å². The lowest BCUT2D eigenvalue weighted by Gasteiger charge is -2.04. The fourth-order valence-corrected chi connectivity index (χ4v) is 1.63. The number of rotatable bonds is 3. The van der Waals surface area contributed by atoms with E-state index in [1.165, 1.54) is 12.1 Å². The fourth-order valence-electron chi connectivity index (χ4n) is 1.63. The third-order valence-electron chi connectivity index (χ3n) is 2.62. The van der Waals surface area contributed by atoms with Crippen molar-refractivity contribution < 1.29 is 13.6 Å². The zero-order valence-electron chi connectivity index (χ0n) is 9.49. The van der Waals surface area contributed by atoms with E-state index in [0.29, 0.717) is 11.3 Å². The Morgan fingerprint density at radius 1 is 1.06 bits per heavy atom. The summed E-state index contributed by atoms with van der Waals surface area (Å²) in [5.41, 5.74) is 6.52. The largest absolute Gasteiger partial charge is 0.399 e. The van der Waals surface area contributed by atoms with Gasteiger partial charge in [0.15, 0.2) is 17.4 Å². The Kier molecular flexibility index (Phi) is 3.37. The molecule has 0 heterocycles. The monoisotopic (exact) mass is 247 g/mol. The molecule has 0 aromatic heterocycles. The predicted octanol–water partition coefficient (Wildman–Crippen LogP) is 2.97. The maximum absolute atomic E-state index is 13.4. The van der Waals surface area contributed by atoms with Crippen molar-refractivity contribution in [2.45, 2.75) is 6.42 Å². The van der Waals surface area contributed by atoms with Crippen LogP contribution in [-0.4, -0.2) is 5.78 Å². The third-order valence-corrected chi connectivity index (χ3v) is 2.62. The summed E-state index contributed by atoms with van der Waals surface area (Å²) in [6, 6.07) is 10.1. The number of carbonyl (C=O) groups excluding carboxylic acids is 1. The van der Waals surface area contributed by atoms with Crippen LogP contribution in [0.1, 0.15) is 15.9 Å². The average molecular weight is 247 g/mol. The summed E-state index contributed by atoms with van der Waals surface area (Å²) in [7, 11) is 0. The van der Waals surface area contributed by atoms with E-state index in [4.69, 9.17) is 5.73 Å². The number of benzene rings is 2. The van der Waals surface area contributed by atoms with Crippen LogP contribution in [0.15, 0.2) is 42.5 Å². The highest BCUT2D eigenvalue weighted by atomic mass is 19.2. The van der Waals surface area contributed by atoms with Crippen molar-refractivity contribution in [3.63, 3.8) is 0 Å². The predicted molar refractivity (Wildman–Crippen MR) is 65.2 cm³/mol. The molecule has 2 rings (SSSR count). The first-order valence-corrected chi connectivity index (χ1v) is 5.39. The van der Waals surface area contributed by atoms with Gasteiger partial charge in [0.2, 0.25) is 0 Å². The highest BCUT2D eigenvalue weighted by molar-refractivity contribution is 5.97. The number of hydrogen-bond donors (Lipinski definition) is 1. The number of anilines is 1. The van der Waals surface area contributed by atoms with Crippen LogP contribution in [0.4, 0.5) is 14.5 Å². The maximum atomic E-state index is 13.4. The molecule has 0 radical (unpaired) electrons. The minimum absolute atomic E-state index is 0.0526. The Bertz CT molecular complexity index is 579. The van der Waals surface area contributed by atoms with Gasteiger partial charge in [-0.25, -0.2) is 8.78 Å². The summed E-state index contributed by atoms with van der Waals surface area (Å²) in [5.74, 6) is -2.20. The molecule has 0 saturated carbocycles. The van der Waals surface area contributed by atoms with Crippen molar-refractivity contribution in [1.29, 1.82) is 0 Å². The van der Waals surface area contributed by atoms with Gasteiger partial charge in [0, 0.05) is 17.7 Å². The molecule has 0 fully saturated rings. The fraction of sp³-hybridized carbons (Fsp3) is 0.0714. The molecule has 0 aliphatic rings. The van der Waals surface area contributed by atoms with Crippen LogP contribution in [0.25, 0.3) is 0 Å². The van der Waals surface area contributed by atoms with E-state index >= 15 is 0 Å². The van der Waals surface area contributed by atoms with Crippen LogP contribution in [0.5, 0.6) is 0 Å². The van der Waals surface area contributed by atoms with Crippen molar-refractivity contribution in [3.8, 4) is 0 Å². The first kappa shape index (κ1) is 12.2. The third kappa shape index (κ3) is 2.53. The van der Waals surface area contributed by atoms with E-state index in [0.717, 1.165) is 6.07 Å². The van der Waals surface area contributed by atoms with Crippen LogP contribution in [0.2, 0.25) is 0 Å². The Labute approximate surface area is 103 Å². The molecular formula is C14H11F2NO. The van der Waals surface area contributed by atoms with Crippen LogP contribution < -0.4 is 5.73 Å². The first-order chi connectivity index (χ1) is 8.58. The molecule has 0 spiro atoms. The Morgan fingerprint density at radius 3 is 2.39 bits per heavy atom. The number of Topliss-reactive ketones (excluding diaryl/α,β-unsaturated/α-hetero) is 1. The Balaban J connectivity index is 2.21. The number of hydrogen-bond acceptors (Lipinski definition) is 2. The quantitative estimate of drug-likeness (QED) is 0.669. The molecule has 4 heteroatoms. The van der Waals surface area contributed by atoms with Gasteiger partial charge in [0.25, 0.3) is 0 Å². The Hall–Kier alpha value is -2.23. The molecule has 0 aliphatic heterocycles. The lowest BCUT2D eigenvalue weighted by molar-refractivity contribution is 0.0991. The zero-order valence-corrected chi connectivity index (χ0v) is 9.49. The van der Waals surface area contributed by atoms with Gasteiger partial charge in [-0.1, -0.05) is 12.1 Å². The normalized spacial score (nSPS) is 10.3. The summed E-state index contributed by atoms with van der Waals surface area (Å²) < 4.78 is 26.4. The van der Waals surface area contributed by atoms with Crippen LogP contribution >= 0.6 is 0 Å². The van der Waals surface area contributed by atoms with E-state index < -0.39 is 11.6 Å². The number of ketones is 1. The molecule has 0 unspecified atom stereocenters. The molecule has 2 aromatic carbocycles. The summed E-state index contributed by atoms with van der Waals surface area (Å²) in [6.07, 6.45) is -0.173. The lowest BCUT2D eigenvalue weighted by atomic mass is 10.0. The topological polar surface area (TPSA) is 43.1 Å². The van der Waals surface area contributed by atoms with Crippen molar-refractivity contribution in [1.82, 2.24) is 0 Å². The smallest absolute Gasteiger partial charge is 0.167 e. The van der Waals surface area contributed by atoms with E-state index in [2.05, 4.69) is 0 Å². The number of nitrogen functional groups attached to an aromatic ring is 1. The van der Waals surface area contributed by atoms with Gasteiger partial charge >= 0.3 is 0 Å². The number of halogens is 2. The molecule has 0 aliphatic carbocycles. The summed E-state index contributed by atoms with van der Waals surface area (Å²) in [5, 5.41) is 0. The molecule has 18 heavy (non-hydrogen) atoms. The average Bonchev–Trinajstić information content (AvgIpc) is 2.36. The summed E-state index contributed by atoms with van der Waals surface area (Å²) in [6.45, 7) is 0. The van der Waals surface area contributed by atoms with Gasteiger partial charge in [0.05, 0.1) is 0 Å². The molecular weight excluding hydrogens is 236 g/mol. The second-order valence-corrected chi connectivity index (χ2v) is 3.93. The molecule has 2 N–H and O–H groups in total. The van der Waals surface area contributed by atoms with E-state index in [1.54, 1.807) is 24.3 Å². The number of nitrogens with two attached hydrogens (primary N) is 1. The second kappa shape index (κ2) is 4.96. The van der Waals surface area contributed by atoms with Crippen molar-refractivity contribution in [3.05, 3.63) is 65.2 Å². The highest BCUT2D eigenvalue weighted by Gasteiger charge is 2.12. The molecule has 2 nitrogen and oxygen atoms in total. The highest BCUT2D eigenvalue weighted by Crippen LogP contribution is 2.15. The lowest BCUT2D eigenvalue weighted by Crippen LogP contribution is -2.06. The van der Waals surface area contributed by atoms with Gasteiger partial charge in [0.1, 0.15) is 0 Å². The number of carbonyl (C=O) groups is 1. The zero-order chi connectivity index (χ0) is 13.1. The molecule has 2 aromatic rings. The molecule has 0 amide bonds. The van der Waals surface area contributed by atoms with Gasteiger partial charge in [-0.15, -0.1) is 0 Å². The van der Waals surface area contributed by atoms with Gasteiger partial charge in [-0.05, 0) is 35.9 Å². The van der Waals surface area contributed by atoms with Crippen LogP contribution in [0.3, 0.4) is 0 Å². The van der Waals surface area contributed by atoms with Gasteiger partial charge in [-0.2, -0.15) is 0 Å². The van der Waals surface area contributed by atoms with E-state index in [-0.39, 0.29) is 17.8 Å². The SMILES string of the molecule is Nc1ccc(C(=O)Cc2cccc(F)c2F)cc1. The minimum Gasteiger partial charge on any atom is -0.399 e. The first-order valence-electron chi connectivity index (χ1n) is 5.39. The van der Waals surface area contributed by atoms with Gasteiger partial charge in [-0.3, -0.25) is 4.79 Å². The van der Waals surface area contributed by atoms with Crippen LogP contribution in [-0.2, 0) is 6.42 Å². The maximum Gasteiger partial charge on any atom is 0.167 e. The summed E-state index contributed by atoms with van der Waals surface area (Å²) >= 11 is 0. The standard InChI is InChI=1S/C14H11F2NO/c15-12-3-1-2-10(14(12)16)8-13(18)9-4-6-11(17)7-5-9/h1-7H,8,17H2. The Morgan fingerprint density at radius 2 is 1.72 bits per heavy atom. The molecule has 0 atom stereocenters. The summed E-state index contributed by atoms with van der Waals surface area (Å²) in [4.78, 5) is 11.9. The van der Waals surface area contributed by atoms with Crippen molar-refractivity contribution in [2.75, 3.05) is 5.73 Å². The molecule has 92 valence electrons. The molecule has 0 bridgehead atoms.